The Morgan fingerprint density at radius 3 is 3.08 bits per heavy atom. The topological polar surface area (TPSA) is 54.0 Å². The number of hydrogen-bond acceptors (Lipinski definition) is 3. The highest BCUT2D eigenvalue weighted by atomic mass is 32.1. The number of benzene rings is 1. The highest BCUT2D eigenvalue weighted by Gasteiger charge is 2.22. The second kappa shape index (κ2) is 7.30. The van der Waals surface area contributed by atoms with Crippen LogP contribution in [0.4, 0.5) is 9.18 Å². The fraction of sp³-hybridized carbons (Fsp3) is 0.444. The van der Waals surface area contributed by atoms with Gasteiger partial charge in [-0.1, -0.05) is 13.0 Å². The zero-order valence-electron chi connectivity index (χ0n) is 13.9. The summed E-state index contributed by atoms with van der Waals surface area (Å²) in [6, 6.07) is 4.52. The summed E-state index contributed by atoms with van der Waals surface area (Å²) < 4.78 is 13.5. The van der Waals surface area contributed by atoms with Gasteiger partial charge in [-0.15, -0.1) is 11.3 Å². The van der Waals surface area contributed by atoms with E-state index in [9.17, 15) is 9.18 Å². The molecule has 1 aliphatic carbocycles. The van der Waals surface area contributed by atoms with Gasteiger partial charge in [0.1, 0.15) is 5.82 Å². The van der Waals surface area contributed by atoms with Crippen molar-refractivity contribution in [2.24, 2.45) is 0 Å². The van der Waals surface area contributed by atoms with E-state index >= 15 is 0 Å². The van der Waals surface area contributed by atoms with Crippen molar-refractivity contribution in [2.45, 2.75) is 45.1 Å². The largest absolute Gasteiger partial charge is 0.337 e. The summed E-state index contributed by atoms with van der Waals surface area (Å²) >= 11 is 1.65. The molecule has 0 radical (unpaired) electrons. The summed E-state index contributed by atoms with van der Waals surface area (Å²) in [6.07, 6.45) is 4.63. The Bertz CT molecular complexity index is 731. The summed E-state index contributed by atoms with van der Waals surface area (Å²) in [5, 5.41) is 6.91. The van der Waals surface area contributed by atoms with Gasteiger partial charge >= 0.3 is 6.03 Å². The van der Waals surface area contributed by atoms with Gasteiger partial charge in [0, 0.05) is 23.5 Å². The Kier molecular flexibility index (Phi) is 5.14. The normalized spacial score (nSPS) is 17.9. The predicted molar refractivity (Wildman–Crippen MR) is 93.9 cm³/mol. The second-order valence-electron chi connectivity index (χ2n) is 6.35. The number of urea groups is 1. The van der Waals surface area contributed by atoms with Crippen LogP contribution in [0.2, 0.25) is 0 Å². The van der Waals surface area contributed by atoms with Gasteiger partial charge in [-0.2, -0.15) is 0 Å². The zero-order chi connectivity index (χ0) is 17.1. The van der Waals surface area contributed by atoms with E-state index in [-0.39, 0.29) is 23.8 Å². The number of aromatic nitrogens is 1. The monoisotopic (exact) mass is 347 g/mol. The lowest BCUT2D eigenvalue weighted by Crippen LogP contribution is -2.40. The van der Waals surface area contributed by atoms with E-state index in [1.807, 2.05) is 26.1 Å². The molecule has 6 heteroatoms. The first-order valence-electron chi connectivity index (χ1n) is 8.28. The van der Waals surface area contributed by atoms with Crippen LogP contribution < -0.4 is 10.6 Å². The number of halogens is 1. The van der Waals surface area contributed by atoms with Crippen molar-refractivity contribution >= 4 is 17.4 Å². The first kappa shape index (κ1) is 16.9. The molecule has 0 saturated carbocycles. The SMILES string of the molecule is Cc1cnc(C(C)CNC(=O)N[C@H]2CCCc3ccc(F)cc32)s1. The minimum Gasteiger partial charge on any atom is -0.337 e. The van der Waals surface area contributed by atoms with Crippen LogP contribution in [0, 0.1) is 12.7 Å². The summed E-state index contributed by atoms with van der Waals surface area (Å²) in [6.45, 7) is 4.60. The minimum atomic E-state index is -0.254. The van der Waals surface area contributed by atoms with Gasteiger partial charge < -0.3 is 10.6 Å². The fourth-order valence-corrected chi connectivity index (χ4v) is 3.89. The van der Waals surface area contributed by atoms with E-state index in [2.05, 4.69) is 15.6 Å². The molecular formula is C18H22FN3OS. The van der Waals surface area contributed by atoms with Crippen LogP contribution in [0.15, 0.2) is 24.4 Å². The number of amides is 2. The Morgan fingerprint density at radius 2 is 2.33 bits per heavy atom. The molecule has 1 aromatic heterocycles. The van der Waals surface area contributed by atoms with Gasteiger partial charge in [-0.25, -0.2) is 14.2 Å². The fourth-order valence-electron chi connectivity index (χ4n) is 3.06. The zero-order valence-corrected chi connectivity index (χ0v) is 14.8. The summed E-state index contributed by atoms with van der Waals surface area (Å²) in [4.78, 5) is 17.7. The molecule has 2 amide bonds. The number of carbonyl (C=O) groups excluding carboxylic acids is 1. The standard InChI is InChI=1S/C18H22FN3OS/c1-11(17-20-10-12(2)24-17)9-21-18(23)22-16-5-3-4-13-6-7-14(19)8-15(13)16/h6-8,10-11,16H,3-5,9H2,1-2H3,(H2,21,22,23)/t11?,16-/m0/s1. The van der Waals surface area contributed by atoms with Crippen molar-refractivity contribution in [1.29, 1.82) is 0 Å². The second-order valence-corrected chi connectivity index (χ2v) is 7.62. The quantitative estimate of drug-likeness (QED) is 0.876. The summed E-state index contributed by atoms with van der Waals surface area (Å²) in [5.41, 5.74) is 2.03. The molecule has 0 saturated heterocycles. The molecule has 0 fully saturated rings. The van der Waals surface area contributed by atoms with Crippen LogP contribution in [0.25, 0.3) is 0 Å². The molecule has 2 atom stereocenters. The van der Waals surface area contributed by atoms with Crippen molar-refractivity contribution in [3.8, 4) is 0 Å². The molecule has 0 spiro atoms. The number of fused-ring (bicyclic) bond motifs is 1. The number of hydrogen-bond donors (Lipinski definition) is 2. The molecule has 1 aromatic carbocycles. The van der Waals surface area contributed by atoms with Crippen molar-refractivity contribution < 1.29 is 9.18 Å². The van der Waals surface area contributed by atoms with Crippen molar-refractivity contribution in [3.05, 3.63) is 51.2 Å². The van der Waals surface area contributed by atoms with E-state index in [1.165, 1.54) is 10.9 Å². The minimum absolute atomic E-state index is 0.123. The molecule has 4 nitrogen and oxygen atoms in total. The lowest BCUT2D eigenvalue weighted by Gasteiger charge is -2.26. The smallest absolute Gasteiger partial charge is 0.315 e. The maximum absolute atomic E-state index is 13.5. The third kappa shape index (κ3) is 3.93. The molecule has 1 unspecified atom stereocenters. The first-order valence-corrected chi connectivity index (χ1v) is 9.09. The van der Waals surface area contributed by atoms with Gasteiger partial charge in [0.05, 0.1) is 11.0 Å². The average molecular weight is 347 g/mol. The molecule has 1 aliphatic rings. The Morgan fingerprint density at radius 1 is 1.50 bits per heavy atom. The number of thiazole rings is 1. The van der Waals surface area contributed by atoms with E-state index < -0.39 is 0 Å². The number of nitrogens with one attached hydrogen (secondary N) is 2. The molecule has 128 valence electrons. The van der Waals surface area contributed by atoms with Crippen LogP contribution in [-0.2, 0) is 6.42 Å². The van der Waals surface area contributed by atoms with Gasteiger partial charge in [0.2, 0.25) is 0 Å². The van der Waals surface area contributed by atoms with Gasteiger partial charge in [-0.05, 0) is 49.4 Å². The molecule has 2 aromatic rings. The van der Waals surface area contributed by atoms with Crippen molar-refractivity contribution in [2.75, 3.05) is 6.54 Å². The van der Waals surface area contributed by atoms with Gasteiger partial charge in [0.15, 0.2) is 0 Å². The Labute approximate surface area is 145 Å². The van der Waals surface area contributed by atoms with Crippen molar-refractivity contribution in [3.63, 3.8) is 0 Å². The maximum atomic E-state index is 13.5. The number of aryl methyl sites for hydroxylation is 2. The lowest BCUT2D eigenvalue weighted by atomic mass is 9.87. The van der Waals surface area contributed by atoms with Gasteiger partial charge in [-0.3, -0.25) is 0 Å². The molecule has 0 aliphatic heterocycles. The molecule has 24 heavy (non-hydrogen) atoms. The number of rotatable bonds is 4. The summed E-state index contributed by atoms with van der Waals surface area (Å²) in [7, 11) is 0. The van der Waals surface area contributed by atoms with Crippen molar-refractivity contribution in [1.82, 2.24) is 15.6 Å². The summed E-state index contributed by atoms with van der Waals surface area (Å²) in [5.74, 6) is -0.0823. The van der Waals surface area contributed by atoms with Gasteiger partial charge in [0.25, 0.3) is 0 Å². The Hall–Kier alpha value is -1.95. The third-order valence-corrected chi connectivity index (χ3v) is 5.50. The molecule has 2 N–H and O–H groups in total. The predicted octanol–water partition coefficient (Wildman–Crippen LogP) is 4.07. The van der Waals surface area contributed by atoms with Crippen LogP contribution in [0.3, 0.4) is 0 Å². The third-order valence-electron chi connectivity index (χ3n) is 4.36. The molecular weight excluding hydrogens is 325 g/mol. The first-order chi connectivity index (χ1) is 11.5. The average Bonchev–Trinajstić information content (AvgIpc) is 3.00. The van der Waals surface area contributed by atoms with E-state index in [4.69, 9.17) is 0 Å². The Balaban J connectivity index is 1.57. The van der Waals surface area contributed by atoms with E-state index in [1.54, 1.807) is 17.4 Å². The van der Waals surface area contributed by atoms with E-state index in [0.717, 1.165) is 35.4 Å². The highest BCUT2D eigenvalue weighted by molar-refractivity contribution is 7.11. The van der Waals surface area contributed by atoms with Crippen LogP contribution >= 0.6 is 11.3 Å². The molecule has 1 heterocycles. The maximum Gasteiger partial charge on any atom is 0.315 e. The lowest BCUT2D eigenvalue weighted by molar-refractivity contribution is 0.235. The van der Waals surface area contributed by atoms with Crippen LogP contribution in [0.5, 0.6) is 0 Å². The number of carbonyl (C=O) groups is 1. The van der Waals surface area contributed by atoms with E-state index in [0.29, 0.717) is 6.54 Å². The highest BCUT2D eigenvalue weighted by Crippen LogP contribution is 2.30. The van der Waals surface area contributed by atoms with Crippen LogP contribution in [0.1, 0.15) is 52.7 Å². The number of nitrogens with zero attached hydrogens (tertiary/aromatic N) is 1. The molecule has 3 rings (SSSR count). The molecule has 0 bridgehead atoms. The van der Waals surface area contributed by atoms with Crippen LogP contribution in [-0.4, -0.2) is 17.6 Å².